The number of hydrogen-bond donors (Lipinski definition) is 1. The van der Waals surface area contributed by atoms with Gasteiger partial charge in [-0.1, -0.05) is 36.9 Å². The van der Waals surface area contributed by atoms with E-state index < -0.39 is 5.60 Å². The van der Waals surface area contributed by atoms with Gasteiger partial charge in [0.15, 0.2) is 0 Å². The smallest absolute Gasteiger partial charge is 0.126 e. The summed E-state index contributed by atoms with van der Waals surface area (Å²) < 4.78 is 0. The maximum Gasteiger partial charge on any atom is 0.126 e. The third kappa shape index (κ3) is 2.14. The first-order valence-corrected chi connectivity index (χ1v) is 4.31. The Balaban J connectivity index is 3.13. The van der Waals surface area contributed by atoms with Crippen LogP contribution in [0.25, 0.3) is 0 Å². The second-order valence-electron chi connectivity index (χ2n) is 3.02. The molecule has 0 fully saturated rings. The van der Waals surface area contributed by atoms with Crippen molar-refractivity contribution in [1.29, 1.82) is 0 Å². The zero-order valence-electron chi connectivity index (χ0n) is 7.90. The first-order valence-electron chi connectivity index (χ1n) is 4.31. The molecule has 0 amide bonds. The van der Waals surface area contributed by atoms with E-state index in [1.54, 1.807) is 0 Å². The van der Waals surface area contributed by atoms with Gasteiger partial charge >= 0.3 is 0 Å². The summed E-state index contributed by atoms with van der Waals surface area (Å²) in [5, 5.41) is 10.2. The molecule has 1 heteroatoms. The van der Waals surface area contributed by atoms with Crippen LogP contribution in [0.1, 0.15) is 12.0 Å². The lowest BCUT2D eigenvalue weighted by Crippen LogP contribution is -2.21. The summed E-state index contributed by atoms with van der Waals surface area (Å²) in [6.07, 6.45) is 6.91. The zero-order chi connectivity index (χ0) is 10.4. The minimum absolute atomic E-state index is 0.222. The molecule has 14 heavy (non-hydrogen) atoms. The molecule has 1 unspecified atom stereocenters. The maximum atomic E-state index is 10.2. The highest BCUT2D eigenvalue weighted by molar-refractivity contribution is 5.28. The molecule has 0 heterocycles. The predicted octanol–water partition coefficient (Wildman–Crippen LogP) is 2.24. The molecule has 1 rings (SSSR count). The third-order valence-corrected chi connectivity index (χ3v) is 1.99. The van der Waals surface area contributed by atoms with Crippen molar-refractivity contribution in [3.63, 3.8) is 0 Å². The van der Waals surface area contributed by atoms with Crippen LogP contribution in [0.5, 0.6) is 0 Å². The van der Waals surface area contributed by atoms with E-state index in [2.05, 4.69) is 18.2 Å². The number of hydrogen-bond acceptors (Lipinski definition) is 1. The summed E-state index contributed by atoms with van der Waals surface area (Å²) in [4.78, 5) is 0. The Morgan fingerprint density at radius 3 is 2.57 bits per heavy atom. The van der Waals surface area contributed by atoms with Crippen LogP contribution in [0.15, 0.2) is 48.7 Å². The molecule has 1 nitrogen and oxygen atoms in total. The van der Waals surface area contributed by atoms with Crippen LogP contribution in [0.2, 0.25) is 0 Å². The Labute approximate surface area is 84.4 Å². The molecule has 0 aliphatic rings. The van der Waals surface area contributed by atoms with E-state index in [-0.39, 0.29) is 6.42 Å². The van der Waals surface area contributed by atoms with Gasteiger partial charge in [0.1, 0.15) is 5.60 Å². The van der Waals surface area contributed by atoms with Gasteiger partial charge in [0.25, 0.3) is 0 Å². The molecule has 0 saturated heterocycles. The zero-order valence-corrected chi connectivity index (χ0v) is 7.90. The third-order valence-electron chi connectivity index (χ3n) is 1.99. The van der Waals surface area contributed by atoms with Crippen molar-refractivity contribution in [3.05, 3.63) is 54.3 Å². The lowest BCUT2D eigenvalue weighted by Gasteiger charge is -2.21. The standard InChI is InChI=1S/C13H12O/c1-3-10-13(14,11-4-2)12-8-6-5-7-9-12/h1,5-9,11,14H,2,10H2. The Hall–Kier alpha value is -1.74. The van der Waals surface area contributed by atoms with E-state index in [0.29, 0.717) is 0 Å². The SMILES string of the molecule is C#CCC(O)(C=C=C)c1ccccc1. The summed E-state index contributed by atoms with van der Waals surface area (Å²) in [5.74, 6) is 2.44. The highest BCUT2D eigenvalue weighted by Crippen LogP contribution is 2.25. The quantitative estimate of drug-likeness (QED) is 0.564. The molecule has 1 aromatic rings. The summed E-state index contributed by atoms with van der Waals surface area (Å²) in [7, 11) is 0. The van der Waals surface area contributed by atoms with Gasteiger partial charge in [-0.15, -0.1) is 18.1 Å². The monoisotopic (exact) mass is 184 g/mol. The Kier molecular flexibility index (Phi) is 3.31. The van der Waals surface area contributed by atoms with Crippen molar-refractivity contribution in [1.82, 2.24) is 0 Å². The molecule has 0 aliphatic heterocycles. The van der Waals surface area contributed by atoms with Gasteiger partial charge in [0.2, 0.25) is 0 Å². The fourth-order valence-electron chi connectivity index (χ4n) is 1.29. The van der Waals surface area contributed by atoms with Crippen molar-refractivity contribution in [2.75, 3.05) is 0 Å². The van der Waals surface area contributed by atoms with Gasteiger partial charge in [-0.25, -0.2) is 0 Å². The highest BCUT2D eigenvalue weighted by atomic mass is 16.3. The van der Waals surface area contributed by atoms with Gasteiger partial charge in [-0.05, 0) is 11.6 Å². The number of rotatable bonds is 3. The van der Waals surface area contributed by atoms with Crippen LogP contribution in [-0.4, -0.2) is 5.11 Å². The van der Waals surface area contributed by atoms with Crippen LogP contribution in [-0.2, 0) is 5.60 Å². The van der Waals surface area contributed by atoms with Crippen molar-refractivity contribution in [2.45, 2.75) is 12.0 Å². The van der Waals surface area contributed by atoms with Crippen molar-refractivity contribution in [2.24, 2.45) is 0 Å². The molecular weight excluding hydrogens is 172 g/mol. The van der Waals surface area contributed by atoms with Crippen LogP contribution in [0, 0.1) is 12.3 Å². The molecule has 1 N–H and O–H groups in total. The lowest BCUT2D eigenvalue weighted by molar-refractivity contribution is 0.0955. The summed E-state index contributed by atoms with van der Waals surface area (Å²) in [6, 6.07) is 9.25. The maximum absolute atomic E-state index is 10.2. The summed E-state index contributed by atoms with van der Waals surface area (Å²) in [5.41, 5.74) is 2.19. The normalized spacial score (nSPS) is 13.4. The molecular formula is C13H12O. The van der Waals surface area contributed by atoms with Gasteiger partial charge in [-0.3, -0.25) is 0 Å². The lowest BCUT2D eigenvalue weighted by atomic mass is 9.91. The van der Waals surface area contributed by atoms with Crippen LogP contribution < -0.4 is 0 Å². The first-order chi connectivity index (χ1) is 6.73. The topological polar surface area (TPSA) is 20.2 Å². The molecule has 70 valence electrons. The average Bonchev–Trinajstić information content (AvgIpc) is 2.20. The number of benzene rings is 1. The van der Waals surface area contributed by atoms with Crippen molar-refractivity contribution < 1.29 is 5.11 Å². The average molecular weight is 184 g/mol. The summed E-state index contributed by atoms with van der Waals surface area (Å²) in [6.45, 7) is 3.44. The van der Waals surface area contributed by atoms with E-state index >= 15 is 0 Å². The molecule has 0 bridgehead atoms. The second-order valence-corrected chi connectivity index (χ2v) is 3.02. The molecule has 1 aromatic carbocycles. The molecule has 0 saturated carbocycles. The Morgan fingerprint density at radius 2 is 2.07 bits per heavy atom. The van der Waals surface area contributed by atoms with E-state index in [0.717, 1.165) is 5.56 Å². The van der Waals surface area contributed by atoms with Crippen molar-refractivity contribution >= 4 is 0 Å². The molecule has 0 aliphatic carbocycles. The van der Waals surface area contributed by atoms with Gasteiger partial charge in [0.05, 0.1) is 0 Å². The fraction of sp³-hybridized carbons (Fsp3) is 0.154. The first kappa shape index (κ1) is 10.3. The van der Waals surface area contributed by atoms with E-state index in [1.807, 2.05) is 30.3 Å². The number of terminal acetylenes is 1. The fourth-order valence-corrected chi connectivity index (χ4v) is 1.29. The van der Waals surface area contributed by atoms with Gasteiger partial charge in [0, 0.05) is 6.42 Å². The minimum atomic E-state index is -1.14. The number of aliphatic hydroxyl groups is 1. The van der Waals surface area contributed by atoms with Crippen molar-refractivity contribution in [3.8, 4) is 12.3 Å². The van der Waals surface area contributed by atoms with E-state index in [4.69, 9.17) is 6.42 Å². The largest absolute Gasteiger partial charge is 0.379 e. The van der Waals surface area contributed by atoms with E-state index in [9.17, 15) is 5.11 Å². The Bertz CT molecular complexity index is 379. The van der Waals surface area contributed by atoms with Crippen LogP contribution in [0.4, 0.5) is 0 Å². The predicted molar refractivity (Wildman–Crippen MR) is 57.5 cm³/mol. The molecule has 0 spiro atoms. The van der Waals surface area contributed by atoms with E-state index in [1.165, 1.54) is 6.08 Å². The summed E-state index contributed by atoms with van der Waals surface area (Å²) >= 11 is 0. The Morgan fingerprint density at radius 1 is 1.43 bits per heavy atom. The minimum Gasteiger partial charge on any atom is -0.379 e. The molecule has 0 aromatic heterocycles. The second kappa shape index (κ2) is 4.48. The van der Waals surface area contributed by atoms with Gasteiger partial charge in [-0.2, -0.15) is 0 Å². The molecule has 0 radical (unpaired) electrons. The van der Waals surface area contributed by atoms with Gasteiger partial charge < -0.3 is 5.11 Å². The molecule has 1 atom stereocenters. The highest BCUT2D eigenvalue weighted by Gasteiger charge is 2.24. The van der Waals surface area contributed by atoms with Crippen LogP contribution >= 0.6 is 0 Å². The van der Waals surface area contributed by atoms with Crippen LogP contribution in [0.3, 0.4) is 0 Å².